The summed E-state index contributed by atoms with van der Waals surface area (Å²) in [5.41, 5.74) is 3.46. The number of hydrogen-bond acceptors (Lipinski definition) is 14. The Morgan fingerprint density at radius 3 is 2.15 bits per heavy atom. The number of phenols is 1. The number of aromatic nitrogens is 1. The smallest absolute Gasteiger partial charge is 0.375 e. The number of aliphatic hydroxyl groups excluding tert-OH is 2. The number of aryl methyl sites for hydroxylation is 2. The molecule has 1 saturated heterocycles. The highest BCUT2D eigenvalue weighted by atomic mass is 79.9. The van der Waals surface area contributed by atoms with Crippen LogP contribution in [0.2, 0.25) is 0 Å². The number of carbonyl (C=O) groups excluding carboxylic acids is 4. The van der Waals surface area contributed by atoms with Crippen molar-refractivity contribution in [3.05, 3.63) is 158 Å². The molecule has 6 aliphatic carbocycles. The molecule has 2 aromatic heterocycles. The second kappa shape index (κ2) is 28.9. The number of aromatic hydroxyl groups is 1. The van der Waals surface area contributed by atoms with Crippen LogP contribution in [0.3, 0.4) is 0 Å². The summed E-state index contributed by atoms with van der Waals surface area (Å²) in [5.74, 6) is -3.45. The molecule has 0 amide bonds. The van der Waals surface area contributed by atoms with Gasteiger partial charge in [-0.15, -0.1) is 23.2 Å². The number of nitrogens with one attached hydrogen (secondary N) is 2. The lowest BCUT2D eigenvalue weighted by atomic mass is 9.45. The summed E-state index contributed by atoms with van der Waals surface area (Å²) in [6, 6.07) is 23.7. The minimum Gasteiger partial charge on any atom is -1.00 e. The van der Waals surface area contributed by atoms with Crippen molar-refractivity contribution in [3.63, 3.8) is 0 Å². The van der Waals surface area contributed by atoms with Crippen molar-refractivity contribution < 1.29 is 84.9 Å². The molecule has 7 N–H and O–H groups in total. The van der Waals surface area contributed by atoms with Gasteiger partial charge in [-0.1, -0.05) is 108 Å². The lowest BCUT2D eigenvalue weighted by Crippen LogP contribution is -3.00. The van der Waals surface area contributed by atoms with Crippen LogP contribution in [0.1, 0.15) is 149 Å². The van der Waals surface area contributed by atoms with Crippen LogP contribution in [-0.4, -0.2) is 133 Å². The molecule has 12 rings (SSSR count). The Kier molecular flexibility index (Phi) is 22.6. The number of furan rings is 1. The molecule has 2 unspecified atom stereocenters. The third-order valence-corrected chi connectivity index (χ3v) is 22.4. The van der Waals surface area contributed by atoms with E-state index in [1.165, 1.54) is 52.8 Å². The zero-order valence-electron chi connectivity index (χ0n) is 53.9. The van der Waals surface area contributed by atoms with Gasteiger partial charge in [0, 0.05) is 60.0 Å². The molecule has 20 heteroatoms. The average molecular weight is 1370 g/mol. The van der Waals surface area contributed by atoms with Gasteiger partial charge in [0.15, 0.2) is 28.9 Å². The van der Waals surface area contributed by atoms with E-state index in [-0.39, 0.29) is 87.7 Å². The number of likely N-dealkylation sites (N-methyl/N-ethyl adjacent to an activating group) is 1. The van der Waals surface area contributed by atoms with Crippen LogP contribution in [0.4, 0.5) is 0 Å². The summed E-state index contributed by atoms with van der Waals surface area (Å²) in [5, 5.41) is 55.5. The Labute approximate surface area is 559 Å². The van der Waals surface area contributed by atoms with Crippen LogP contribution in [0.15, 0.2) is 118 Å². The number of carboxylic acid groups (broad SMARTS) is 1. The molecule has 92 heavy (non-hydrogen) atoms. The maximum absolute atomic E-state index is 13.6. The normalized spacial score (nSPS) is 28.5. The molecular formula is C72H90BrCl2N3O14. The van der Waals surface area contributed by atoms with Crippen LogP contribution in [0.25, 0.3) is 10.9 Å². The third-order valence-electron chi connectivity index (χ3n) is 21.3. The van der Waals surface area contributed by atoms with Gasteiger partial charge < -0.3 is 71.2 Å². The molecule has 3 heterocycles. The van der Waals surface area contributed by atoms with E-state index in [4.69, 9.17) is 47.0 Å². The topological polar surface area (TPSA) is 263 Å². The number of alkyl halides is 2. The van der Waals surface area contributed by atoms with Crippen molar-refractivity contribution in [1.82, 2.24) is 10.3 Å². The van der Waals surface area contributed by atoms with Gasteiger partial charge in [-0.3, -0.25) is 19.2 Å². The first-order valence-electron chi connectivity index (χ1n) is 32.2. The van der Waals surface area contributed by atoms with Crippen molar-refractivity contribution >= 4 is 63.6 Å². The Morgan fingerprint density at radius 1 is 0.913 bits per heavy atom. The van der Waals surface area contributed by atoms with Crippen LogP contribution >= 0.6 is 23.2 Å². The number of esters is 2. The number of ketones is 2. The standard InChI is InChI=1S/C27H30Cl2O6.C24H28N2O3.C19H28NO3.C2H4O2.BrH/c1-15-11-19-18-7-6-16-12-17(30)8-9-24(16,2)26(18,29)21(31)13-25(19,3)27(15,22(32)14-28)35-23(33)20-5-4-10-34-20;1-3-14-9-16-11-18(12-17(16)10-15(14)4-2)25-13-22(28)19-5-7-21(27)24-20(19)6-8-23(29)26-24;1-20(2)13-12-17(14-20)23-18(21)19(22,16-10-6-7-11-16)15-8-4-3-5-9-15;1-2(3)4;/h4-5,8-10,12,15,18-19,21,31H,6-7,11,13-14H2,1-3H3;5-10,18,22,25,27-28H,3-4,11-13H2,1-2H3,(H,26,29);3-5,8-9,16-17,22H,6-7,10-14H2,1-2H3;1H3,(H,3,4);1H/q;;+1;;/p-1/t15-,18+,19+,21+,24+,25+,26+,27+;22-;;;/m10.../s1. The highest BCUT2D eigenvalue weighted by Gasteiger charge is 2.76. The molecule has 4 saturated carbocycles. The number of carbonyl (C=O) groups is 5. The van der Waals surface area contributed by atoms with Gasteiger partial charge in [0.2, 0.25) is 11.3 Å². The van der Waals surface area contributed by atoms with Gasteiger partial charge in [0.1, 0.15) is 12.3 Å². The van der Waals surface area contributed by atoms with Gasteiger partial charge in [-0.2, -0.15) is 0 Å². The third kappa shape index (κ3) is 13.8. The zero-order chi connectivity index (χ0) is 66.0. The van der Waals surface area contributed by atoms with Gasteiger partial charge >= 0.3 is 11.9 Å². The Morgan fingerprint density at radius 2 is 1.57 bits per heavy atom. The summed E-state index contributed by atoms with van der Waals surface area (Å²) in [6.07, 6.45) is 15.5. The number of H-pyrrole nitrogens is 1. The summed E-state index contributed by atoms with van der Waals surface area (Å²) < 4.78 is 18.0. The number of allylic oxidation sites excluding steroid dienone is 4. The molecule has 7 aliphatic rings. The first-order valence-corrected chi connectivity index (χ1v) is 33.1. The Bertz CT molecular complexity index is 3590. The summed E-state index contributed by atoms with van der Waals surface area (Å²) >= 11 is 13.6. The molecule has 5 fully saturated rings. The average Bonchev–Trinajstić information content (AvgIpc) is 1.34. The number of halogens is 3. The number of aliphatic carboxylic acids is 1. The van der Waals surface area contributed by atoms with E-state index in [1.807, 2.05) is 57.2 Å². The van der Waals surface area contributed by atoms with E-state index in [9.17, 15) is 44.4 Å². The lowest BCUT2D eigenvalue weighted by Gasteiger charge is -2.64. The van der Waals surface area contributed by atoms with Crippen molar-refractivity contribution in [2.24, 2.45) is 34.5 Å². The molecule has 498 valence electrons. The largest absolute Gasteiger partial charge is 1.00 e. The first-order chi connectivity index (χ1) is 43.1. The van der Waals surface area contributed by atoms with Crippen molar-refractivity contribution in [2.75, 3.05) is 39.6 Å². The number of likely N-dealkylation sites (tertiary alicyclic amines) is 1. The Balaban J connectivity index is 0.000000175. The number of quaternary nitrogens is 1. The second-order valence-electron chi connectivity index (χ2n) is 27.3. The molecule has 17 nitrogen and oxygen atoms in total. The van der Waals surface area contributed by atoms with Gasteiger partial charge in [0.05, 0.1) is 55.4 Å². The van der Waals surface area contributed by atoms with Crippen molar-refractivity contribution in [3.8, 4) is 5.75 Å². The van der Waals surface area contributed by atoms with E-state index in [1.54, 1.807) is 24.3 Å². The highest BCUT2D eigenvalue weighted by molar-refractivity contribution is 6.29. The number of ether oxygens (including phenoxy) is 2. The number of aromatic amines is 1. The van der Waals surface area contributed by atoms with Crippen LogP contribution < -0.4 is 27.9 Å². The maximum Gasteiger partial charge on any atom is 0.375 e. The van der Waals surface area contributed by atoms with Crippen molar-refractivity contribution in [2.45, 2.75) is 165 Å². The van der Waals surface area contributed by atoms with E-state index in [2.05, 4.69) is 50.4 Å². The number of pyridine rings is 1. The SMILES string of the molecule is CC(=O)O.CCc1cc2c(cc1CC)CC(NC[C@H](O)c1ccc(O)c3[nH]c(=O)ccc13)C2.C[C@@H]1C[C@H]2[C@@H]3CCC4=CC(=O)C=C[C@]4(C)[C@@]3(Cl)[C@@H](O)C[C@]2(C)[C@@]1(OC(=O)c1ccco1)C(=O)CCl.C[N+]1(C)CCC(OC(=O)C(O)(c2ccccc2)C2CCCC2)C1.[Br-]. The predicted octanol–water partition coefficient (Wildman–Crippen LogP) is 7.57. The van der Waals surface area contributed by atoms with Gasteiger partial charge in [-0.25, -0.2) is 9.59 Å². The number of benzene rings is 3. The first kappa shape index (κ1) is 71.9. The molecule has 11 atom stereocenters. The number of carboxylic acids is 1. The minimum atomic E-state index is -1.53. The summed E-state index contributed by atoms with van der Waals surface area (Å²) in [6.45, 7) is 13.5. The maximum atomic E-state index is 13.6. The number of nitrogens with zero attached hydrogens (tertiary/aromatic N) is 1. The molecule has 0 spiro atoms. The van der Waals surface area contributed by atoms with Crippen LogP contribution in [-0.2, 0) is 59.9 Å². The molecule has 0 radical (unpaired) electrons. The van der Waals surface area contributed by atoms with Gasteiger partial charge in [-0.05, 0) is 146 Å². The molecule has 3 aromatic carbocycles. The van der Waals surface area contributed by atoms with Crippen LogP contribution in [0, 0.1) is 34.5 Å². The lowest BCUT2D eigenvalue weighted by molar-refractivity contribution is -0.879. The minimum absolute atomic E-state index is 0. The molecule has 5 aromatic rings. The summed E-state index contributed by atoms with van der Waals surface area (Å²) in [4.78, 5) is 73.9. The van der Waals surface area contributed by atoms with E-state index >= 15 is 0 Å². The fourth-order valence-corrected chi connectivity index (χ4v) is 17.4. The number of Topliss-reactive ketones (excluding diaryl/α,β-unsaturated/α-hetero) is 1. The zero-order valence-corrected chi connectivity index (χ0v) is 57.0. The monoisotopic (exact) mass is 1370 g/mol. The van der Waals surface area contributed by atoms with E-state index in [0.29, 0.717) is 53.9 Å². The molecular weight excluding hydrogens is 1280 g/mol. The van der Waals surface area contributed by atoms with Crippen molar-refractivity contribution in [1.29, 1.82) is 0 Å². The predicted molar refractivity (Wildman–Crippen MR) is 348 cm³/mol. The molecule has 1 aliphatic heterocycles. The fourth-order valence-electron chi connectivity index (χ4n) is 16.7. The number of aliphatic hydroxyl groups is 3. The van der Waals surface area contributed by atoms with Gasteiger partial charge in [0.25, 0.3) is 5.97 Å². The quantitative estimate of drug-likeness (QED) is 0.0321. The fraction of sp³-hybridized carbons (Fsp3) is 0.528. The van der Waals surface area contributed by atoms with Crippen LogP contribution in [0.5, 0.6) is 5.75 Å². The molecule has 0 bridgehead atoms. The number of hydrogen-bond donors (Lipinski definition) is 7. The second-order valence-corrected chi connectivity index (χ2v) is 28.2. The summed E-state index contributed by atoms with van der Waals surface area (Å²) in [7, 11) is 4.29. The highest BCUT2D eigenvalue weighted by Crippen LogP contribution is 2.72. The number of phenolic OH excluding ortho intramolecular Hbond substituents is 1. The van der Waals surface area contributed by atoms with E-state index < -0.39 is 57.0 Å². The van der Waals surface area contributed by atoms with E-state index in [0.717, 1.165) is 87.9 Å². The number of fused-ring (bicyclic) bond motifs is 7. The Hall–Kier alpha value is -5.96. The number of rotatable bonds is 14.